The highest BCUT2D eigenvalue weighted by molar-refractivity contribution is 7.09. The van der Waals surface area contributed by atoms with Gasteiger partial charge in [0.1, 0.15) is 18.7 Å². The third-order valence-corrected chi connectivity index (χ3v) is 6.81. The second kappa shape index (κ2) is 8.68. The molecule has 32 heavy (non-hydrogen) atoms. The number of carbonyl (C=O) groups excluding carboxylic acids is 3. The Hall–Kier alpha value is -3.30. The fraction of sp³-hybridized carbons (Fsp3) is 0.304. The Morgan fingerprint density at radius 3 is 2.81 bits per heavy atom. The number of likely N-dealkylation sites (tertiary alicyclic amines) is 1. The largest absolute Gasteiger partial charge is 0.368 e. The number of fused-ring (bicyclic) bond motifs is 1. The van der Waals surface area contributed by atoms with Crippen molar-refractivity contribution in [2.45, 2.75) is 31.0 Å². The summed E-state index contributed by atoms with van der Waals surface area (Å²) in [6, 6.07) is 9.64. The predicted molar refractivity (Wildman–Crippen MR) is 118 cm³/mol. The molecular formula is C23H22N4O4S. The van der Waals surface area contributed by atoms with E-state index in [1.165, 1.54) is 11.3 Å². The Morgan fingerprint density at radius 2 is 2.09 bits per heavy atom. The number of hydrogen-bond acceptors (Lipinski definition) is 6. The summed E-state index contributed by atoms with van der Waals surface area (Å²) in [6.07, 6.45) is 5.96. The maximum atomic E-state index is 13.4. The zero-order chi connectivity index (χ0) is 22.1. The lowest BCUT2D eigenvalue weighted by Gasteiger charge is -2.27. The van der Waals surface area contributed by atoms with Gasteiger partial charge in [0.25, 0.3) is 5.91 Å². The number of benzene rings is 1. The van der Waals surface area contributed by atoms with Gasteiger partial charge in [0.2, 0.25) is 5.91 Å². The van der Waals surface area contributed by atoms with E-state index in [4.69, 9.17) is 4.74 Å². The first-order valence-electron chi connectivity index (χ1n) is 10.5. The fourth-order valence-corrected chi connectivity index (χ4v) is 5.06. The molecule has 4 heterocycles. The number of aromatic nitrogens is 2. The lowest BCUT2D eigenvalue weighted by atomic mass is 10.1. The number of thiophene rings is 1. The molecule has 1 aromatic carbocycles. The van der Waals surface area contributed by atoms with E-state index in [9.17, 15) is 14.4 Å². The van der Waals surface area contributed by atoms with E-state index in [1.54, 1.807) is 29.6 Å². The van der Waals surface area contributed by atoms with Crippen molar-refractivity contribution in [3.63, 3.8) is 0 Å². The van der Waals surface area contributed by atoms with E-state index in [0.29, 0.717) is 24.9 Å². The summed E-state index contributed by atoms with van der Waals surface area (Å²) in [7, 11) is 0. The van der Waals surface area contributed by atoms with Crippen molar-refractivity contribution in [3.8, 4) is 5.69 Å². The topological polar surface area (TPSA) is 93.5 Å². The average molecular weight is 451 g/mol. The Morgan fingerprint density at radius 1 is 1.25 bits per heavy atom. The molecule has 0 saturated carbocycles. The summed E-state index contributed by atoms with van der Waals surface area (Å²) in [5, 5.41) is 4.84. The summed E-state index contributed by atoms with van der Waals surface area (Å²) < 4.78 is 7.35. The molecule has 3 aromatic rings. The average Bonchev–Trinajstić information content (AvgIpc) is 3.60. The third-order valence-electron chi connectivity index (χ3n) is 5.92. The second-order valence-electron chi connectivity index (χ2n) is 7.91. The molecule has 3 atom stereocenters. The van der Waals surface area contributed by atoms with Crippen molar-refractivity contribution in [1.29, 1.82) is 0 Å². The van der Waals surface area contributed by atoms with Gasteiger partial charge in [-0.05, 0) is 42.1 Å². The number of Topliss-reactive ketones (excluding diaryl/α,β-unsaturated/α-hetero) is 1. The van der Waals surface area contributed by atoms with Crippen LogP contribution in [0.5, 0.6) is 0 Å². The SMILES string of the molecule is O=C(NC(Cc1cccs1)C(=O)N1CCC2OCC(=O)C21)c1ccc(-n2ccnc2)cc1. The van der Waals surface area contributed by atoms with Crippen LogP contribution < -0.4 is 5.32 Å². The van der Waals surface area contributed by atoms with Crippen LogP contribution in [0.4, 0.5) is 0 Å². The minimum atomic E-state index is -0.762. The van der Waals surface area contributed by atoms with E-state index >= 15 is 0 Å². The van der Waals surface area contributed by atoms with Crippen LogP contribution >= 0.6 is 11.3 Å². The van der Waals surface area contributed by atoms with Crippen LogP contribution in [0.3, 0.4) is 0 Å². The lowest BCUT2D eigenvalue weighted by molar-refractivity contribution is -0.138. The standard InChI is InChI=1S/C23H22N4O4S/c28-19-13-31-20-7-9-27(21(19)20)23(30)18(12-17-2-1-11-32-17)25-22(29)15-3-5-16(6-4-15)26-10-8-24-14-26/h1-6,8,10-11,14,18,20-21H,7,9,12-13H2,(H,25,29). The van der Waals surface area contributed by atoms with Crippen LogP contribution in [0, 0.1) is 0 Å². The number of nitrogens with zero attached hydrogens (tertiary/aromatic N) is 3. The van der Waals surface area contributed by atoms with Gasteiger partial charge in [-0.3, -0.25) is 14.4 Å². The van der Waals surface area contributed by atoms with Gasteiger partial charge in [0, 0.05) is 41.5 Å². The van der Waals surface area contributed by atoms with Crippen molar-refractivity contribution >= 4 is 28.9 Å². The minimum Gasteiger partial charge on any atom is -0.368 e. The summed E-state index contributed by atoms with van der Waals surface area (Å²) in [4.78, 5) is 45.3. The number of rotatable bonds is 6. The van der Waals surface area contributed by atoms with E-state index < -0.39 is 12.1 Å². The predicted octanol–water partition coefficient (Wildman–Crippen LogP) is 1.84. The monoisotopic (exact) mass is 450 g/mol. The Kier molecular flexibility index (Phi) is 5.59. The third kappa shape index (κ3) is 3.96. The number of carbonyl (C=O) groups is 3. The van der Waals surface area contributed by atoms with Crippen LogP contribution in [-0.4, -0.2) is 63.4 Å². The summed E-state index contributed by atoms with van der Waals surface area (Å²) >= 11 is 1.53. The molecule has 2 fully saturated rings. The molecular weight excluding hydrogens is 428 g/mol. The highest BCUT2D eigenvalue weighted by Crippen LogP contribution is 2.28. The molecule has 2 aliphatic rings. The Balaban J connectivity index is 1.34. The molecule has 2 aliphatic heterocycles. The smallest absolute Gasteiger partial charge is 0.251 e. The molecule has 0 bridgehead atoms. The van der Waals surface area contributed by atoms with Gasteiger partial charge in [0.15, 0.2) is 5.78 Å². The highest BCUT2D eigenvalue weighted by atomic mass is 32.1. The minimum absolute atomic E-state index is 0.0460. The number of ketones is 1. The molecule has 8 nitrogen and oxygen atoms in total. The zero-order valence-electron chi connectivity index (χ0n) is 17.2. The molecule has 2 amide bonds. The Labute approximate surface area is 188 Å². The molecule has 9 heteroatoms. The van der Waals surface area contributed by atoms with Crippen molar-refractivity contribution in [2.24, 2.45) is 0 Å². The second-order valence-corrected chi connectivity index (χ2v) is 8.94. The number of imidazole rings is 1. The summed E-state index contributed by atoms with van der Waals surface area (Å²) in [5.41, 5.74) is 1.34. The van der Waals surface area contributed by atoms with Gasteiger partial charge in [-0.25, -0.2) is 4.98 Å². The van der Waals surface area contributed by atoms with Gasteiger partial charge >= 0.3 is 0 Å². The maximum Gasteiger partial charge on any atom is 0.251 e. The highest BCUT2D eigenvalue weighted by Gasteiger charge is 2.48. The number of ether oxygens (including phenoxy) is 1. The molecule has 1 N–H and O–H groups in total. The first-order valence-corrected chi connectivity index (χ1v) is 11.3. The van der Waals surface area contributed by atoms with Gasteiger partial charge in [-0.2, -0.15) is 0 Å². The molecule has 0 radical (unpaired) electrons. The Bertz CT molecular complexity index is 1110. The summed E-state index contributed by atoms with van der Waals surface area (Å²) in [6.45, 7) is 0.501. The van der Waals surface area contributed by atoms with E-state index in [1.807, 2.05) is 40.4 Å². The number of nitrogens with one attached hydrogen (secondary N) is 1. The normalized spacial score (nSPS) is 20.9. The van der Waals surface area contributed by atoms with Crippen LogP contribution in [0.25, 0.3) is 5.69 Å². The zero-order valence-corrected chi connectivity index (χ0v) is 18.0. The number of amides is 2. The van der Waals surface area contributed by atoms with E-state index in [0.717, 1.165) is 10.6 Å². The molecule has 2 saturated heterocycles. The number of hydrogen-bond donors (Lipinski definition) is 1. The van der Waals surface area contributed by atoms with Gasteiger partial charge in [0.05, 0.1) is 12.4 Å². The van der Waals surface area contributed by atoms with Crippen LogP contribution in [-0.2, 0) is 20.7 Å². The van der Waals surface area contributed by atoms with E-state index in [-0.39, 0.29) is 30.3 Å². The molecule has 2 aromatic heterocycles. The van der Waals surface area contributed by atoms with Crippen molar-refractivity contribution in [2.75, 3.05) is 13.2 Å². The first kappa shape index (κ1) is 20.6. The summed E-state index contributed by atoms with van der Waals surface area (Å²) in [5.74, 6) is -0.646. The molecule has 0 aliphatic carbocycles. The molecule has 164 valence electrons. The van der Waals surface area contributed by atoms with Crippen LogP contribution in [0.2, 0.25) is 0 Å². The molecule has 0 spiro atoms. The van der Waals surface area contributed by atoms with Crippen molar-refractivity contribution in [1.82, 2.24) is 19.8 Å². The molecule has 3 unspecified atom stereocenters. The van der Waals surface area contributed by atoms with Crippen LogP contribution in [0.15, 0.2) is 60.5 Å². The van der Waals surface area contributed by atoms with Crippen molar-refractivity contribution in [3.05, 3.63) is 70.9 Å². The fourth-order valence-electron chi connectivity index (χ4n) is 4.31. The first-order chi connectivity index (χ1) is 15.6. The van der Waals surface area contributed by atoms with E-state index in [2.05, 4.69) is 10.3 Å². The van der Waals surface area contributed by atoms with Gasteiger partial charge in [-0.1, -0.05) is 6.07 Å². The van der Waals surface area contributed by atoms with Crippen LogP contribution in [0.1, 0.15) is 21.7 Å². The van der Waals surface area contributed by atoms with Gasteiger partial charge < -0.3 is 19.5 Å². The van der Waals surface area contributed by atoms with Crippen molar-refractivity contribution < 1.29 is 19.1 Å². The van der Waals surface area contributed by atoms with Gasteiger partial charge in [-0.15, -0.1) is 11.3 Å². The lowest BCUT2D eigenvalue weighted by Crippen LogP contribution is -2.53. The molecule has 5 rings (SSSR count). The maximum absolute atomic E-state index is 13.4. The quantitative estimate of drug-likeness (QED) is 0.619.